The number of nitrogens with one attached hydrogen (secondary N) is 1. The zero-order valence-corrected chi connectivity index (χ0v) is 6.73. The summed E-state index contributed by atoms with van der Waals surface area (Å²) in [7, 11) is 1.55. The maximum absolute atomic E-state index is 10.5. The lowest BCUT2D eigenvalue weighted by Gasteiger charge is -2.07. The van der Waals surface area contributed by atoms with E-state index in [4.69, 9.17) is 4.74 Å². The van der Waals surface area contributed by atoms with Gasteiger partial charge in [-0.05, 0) is 6.42 Å². The van der Waals surface area contributed by atoms with Gasteiger partial charge in [0, 0.05) is 13.0 Å². The van der Waals surface area contributed by atoms with Gasteiger partial charge in [-0.15, -0.1) is 0 Å². The largest absolute Gasteiger partial charge is 0.449 e. The van der Waals surface area contributed by atoms with Crippen LogP contribution in [0.4, 0.5) is 4.79 Å². The minimum atomic E-state index is -0.368. The normalized spacial score (nSPS) is 9.60. The minimum Gasteiger partial charge on any atom is -0.449 e. The molecule has 0 aliphatic heterocycles. The van der Waals surface area contributed by atoms with Gasteiger partial charge in [-0.1, -0.05) is 13.8 Å². The molecule has 0 fully saturated rings. The number of carbonyl (C=O) groups excluding carboxylic acids is 1. The third kappa shape index (κ3) is 4.18. The molecule has 0 saturated carbocycles. The van der Waals surface area contributed by atoms with Gasteiger partial charge in [-0.3, -0.25) is 0 Å². The molecule has 1 radical (unpaired) electrons. The van der Waals surface area contributed by atoms with E-state index < -0.39 is 0 Å². The van der Waals surface area contributed by atoms with Crippen LogP contribution in [0, 0.1) is 5.92 Å². The summed E-state index contributed by atoms with van der Waals surface area (Å²) in [5, 5.41) is 2.37. The van der Waals surface area contributed by atoms with Crippen molar-refractivity contribution in [3.05, 3.63) is 5.92 Å². The Bertz CT molecular complexity index is 104. The Morgan fingerprint density at radius 3 is 2.60 bits per heavy atom. The maximum atomic E-state index is 10.5. The molecule has 59 valence electrons. The summed E-state index contributed by atoms with van der Waals surface area (Å²) in [4.78, 5) is 10.5. The molecule has 1 amide bonds. The Labute approximate surface area is 61.8 Å². The lowest BCUT2D eigenvalue weighted by atomic mass is 10.1. The van der Waals surface area contributed by atoms with Crippen LogP contribution in [0.2, 0.25) is 0 Å². The third-order valence-corrected chi connectivity index (χ3v) is 1.26. The Hall–Kier alpha value is -0.730. The number of amides is 1. The number of hydrogen-bond acceptors (Lipinski definition) is 2. The molecule has 0 atom stereocenters. The van der Waals surface area contributed by atoms with E-state index in [1.165, 1.54) is 5.92 Å². The highest BCUT2D eigenvalue weighted by Crippen LogP contribution is 2.02. The van der Waals surface area contributed by atoms with Gasteiger partial charge in [0.15, 0.2) is 0 Å². The summed E-state index contributed by atoms with van der Waals surface area (Å²) in [6.07, 6.45) is 0.588. The number of rotatable bonds is 3. The molecule has 0 aliphatic rings. The van der Waals surface area contributed by atoms with E-state index >= 15 is 0 Å². The van der Waals surface area contributed by atoms with Crippen molar-refractivity contribution in [2.45, 2.75) is 20.3 Å². The average Bonchev–Trinajstić information content (AvgIpc) is 1.99. The fourth-order valence-corrected chi connectivity index (χ4v) is 0.363. The Kier molecular flexibility index (Phi) is 4.72. The number of ether oxygens (including phenoxy) is 1. The standard InChI is InChI=1S/C7H14NO2/c1-4-6(2)5-10-7(9)8-3/h4-5H2,1-3H3,(H,8,9). The van der Waals surface area contributed by atoms with Gasteiger partial charge in [0.25, 0.3) is 0 Å². The second-order valence-corrected chi connectivity index (χ2v) is 2.14. The average molecular weight is 144 g/mol. The van der Waals surface area contributed by atoms with Crippen LogP contribution in [-0.4, -0.2) is 19.7 Å². The Morgan fingerprint density at radius 1 is 1.60 bits per heavy atom. The Balaban J connectivity index is 3.26. The molecule has 0 spiro atoms. The van der Waals surface area contributed by atoms with Crippen LogP contribution in [0.15, 0.2) is 0 Å². The molecule has 10 heavy (non-hydrogen) atoms. The fraction of sp³-hybridized carbons (Fsp3) is 0.714. The van der Waals surface area contributed by atoms with E-state index in [-0.39, 0.29) is 6.09 Å². The van der Waals surface area contributed by atoms with E-state index in [1.807, 2.05) is 13.8 Å². The van der Waals surface area contributed by atoms with Crippen LogP contribution in [0.3, 0.4) is 0 Å². The molecule has 1 N–H and O–H groups in total. The Morgan fingerprint density at radius 2 is 2.20 bits per heavy atom. The molecule has 0 aromatic heterocycles. The summed E-state index contributed by atoms with van der Waals surface area (Å²) < 4.78 is 4.76. The van der Waals surface area contributed by atoms with Crippen molar-refractivity contribution in [2.24, 2.45) is 0 Å². The zero-order valence-electron chi connectivity index (χ0n) is 6.73. The first kappa shape index (κ1) is 9.27. The molecule has 3 heteroatoms. The highest BCUT2D eigenvalue weighted by Gasteiger charge is 2.02. The van der Waals surface area contributed by atoms with Crippen molar-refractivity contribution < 1.29 is 9.53 Å². The molecule has 0 aromatic carbocycles. The smallest absolute Gasteiger partial charge is 0.406 e. The maximum Gasteiger partial charge on any atom is 0.406 e. The number of carbonyl (C=O) groups is 1. The van der Waals surface area contributed by atoms with E-state index in [2.05, 4.69) is 5.32 Å². The first-order chi connectivity index (χ1) is 4.70. The van der Waals surface area contributed by atoms with Gasteiger partial charge in [0.05, 0.1) is 6.61 Å². The summed E-state index contributed by atoms with van der Waals surface area (Å²) in [5.41, 5.74) is 0. The first-order valence-corrected chi connectivity index (χ1v) is 3.36. The lowest BCUT2D eigenvalue weighted by Crippen LogP contribution is -2.21. The summed E-state index contributed by atoms with van der Waals surface area (Å²) >= 11 is 0. The monoisotopic (exact) mass is 144 g/mol. The van der Waals surface area contributed by atoms with Crippen LogP contribution in [-0.2, 0) is 4.74 Å². The molecule has 0 bridgehead atoms. The molecule has 0 saturated heterocycles. The fourth-order valence-electron chi connectivity index (χ4n) is 0.363. The van der Waals surface area contributed by atoms with Gasteiger partial charge < -0.3 is 10.1 Å². The third-order valence-electron chi connectivity index (χ3n) is 1.26. The van der Waals surface area contributed by atoms with Crippen LogP contribution in [0.25, 0.3) is 0 Å². The highest BCUT2D eigenvalue weighted by atomic mass is 16.5. The van der Waals surface area contributed by atoms with Crippen molar-refractivity contribution in [2.75, 3.05) is 13.7 Å². The van der Waals surface area contributed by atoms with E-state index in [1.54, 1.807) is 7.05 Å². The predicted octanol–water partition coefficient (Wildman–Crippen LogP) is 1.35. The molecule has 0 aromatic rings. The van der Waals surface area contributed by atoms with E-state index in [0.29, 0.717) is 6.61 Å². The SMILES string of the molecule is CC[C](C)COC(=O)NC. The van der Waals surface area contributed by atoms with E-state index in [9.17, 15) is 4.79 Å². The number of hydrogen-bond donors (Lipinski definition) is 1. The van der Waals surface area contributed by atoms with Gasteiger partial charge in [-0.25, -0.2) is 4.79 Å². The molecular formula is C7H14NO2. The van der Waals surface area contributed by atoms with Crippen molar-refractivity contribution >= 4 is 6.09 Å². The van der Waals surface area contributed by atoms with E-state index in [0.717, 1.165) is 6.42 Å². The van der Waals surface area contributed by atoms with Crippen LogP contribution in [0.5, 0.6) is 0 Å². The first-order valence-electron chi connectivity index (χ1n) is 3.36. The zero-order chi connectivity index (χ0) is 7.98. The van der Waals surface area contributed by atoms with Crippen molar-refractivity contribution in [1.29, 1.82) is 0 Å². The molecule has 0 rings (SSSR count). The van der Waals surface area contributed by atoms with Gasteiger partial charge in [0.2, 0.25) is 0 Å². The quantitative estimate of drug-likeness (QED) is 0.649. The molecule has 3 nitrogen and oxygen atoms in total. The summed E-state index contributed by atoms with van der Waals surface area (Å²) in [6, 6.07) is 0. The molecule has 0 aliphatic carbocycles. The topological polar surface area (TPSA) is 38.3 Å². The van der Waals surface area contributed by atoms with Crippen molar-refractivity contribution in [3.8, 4) is 0 Å². The van der Waals surface area contributed by atoms with Crippen LogP contribution in [0.1, 0.15) is 20.3 Å². The summed E-state index contributed by atoms with van der Waals surface area (Å²) in [5.74, 6) is 1.17. The van der Waals surface area contributed by atoms with Gasteiger partial charge >= 0.3 is 6.09 Å². The predicted molar refractivity (Wildman–Crippen MR) is 39.6 cm³/mol. The molecule has 0 heterocycles. The van der Waals surface area contributed by atoms with Crippen molar-refractivity contribution in [1.82, 2.24) is 5.32 Å². The number of alkyl carbamates (subject to hydrolysis) is 1. The summed E-state index contributed by atoms with van der Waals surface area (Å²) in [6.45, 7) is 4.42. The minimum absolute atomic E-state index is 0.368. The van der Waals surface area contributed by atoms with Crippen LogP contribution < -0.4 is 5.32 Å². The molecular weight excluding hydrogens is 130 g/mol. The van der Waals surface area contributed by atoms with Crippen molar-refractivity contribution in [3.63, 3.8) is 0 Å². The lowest BCUT2D eigenvalue weighted by molar-refractivity contribution is 0.152. The van der Waals surface area contributed by atoms with Crippen LogP contribution >= 0.6 is 0 Å². The highest BCUT2D eigenvalue weighted by molar-refractivity contribution is 5.66. The van der Waals surface area contributed by atoms with Gasteiger partial charge in [-0.2, -0.15) is 0 Å². The molecule has 0 unspecified atom stereocenters. The van der Waals surface area contributed by atoms with Gasteiger partial charge in [0.1, 0.15) is 0 Å². The second-order valence-electron chi connectivity index (χ2n) is 2.14. The second kappa shape index (κ2) is 5.09.